The molecule has 1 atom stereocenters. The number of rotatable bonds is 7. The lowest BCUT2D eigenvalue weighted by Gasteiger charge is -2.35. The van der Waals surface area contributed by atoms with Crippen molar-refractivity contribution in [2.24, 2.45) is 0 Å². The maximum Gasteiger partial charge on any atom is 0.321 e. The first kappa shape index (κ1) is 26.9. The number of allylic oxidation sites excluding steroid dienone is 1. The number of benzene rings is 3. The Morgan fingerprint density at radius 1 is 0.947 bits per heavy atom. The molecule has 0 aromatic heterocycles. The summed E-state index contributed by atoms with van der Waals surface area (Å²) < 4.78 is 28.3. The predicted molar refractivity (Wildman–Crippen MR) is 150 cm³/mol. The molecular formula is C29H29N3O5S. The van der Waals surface area contributed by atoms with Gasteiger partial charge >= 0.3 is 5.97 Å². The Labute approximate surface area is 222 Å². The van der Waals surface area contributed by atoms with Crippen LogP contribution in [0.2, 0.25) is 0 Å². The van der Waals surface area contributed by atoms with Crippen LogP contribution in [0.15, 0.2) is 79.1 Å². The number of carbonyl (C=O) groups is 1. The van der Waals surface area contributed by atoms with Crippen LogP contribution in [-0.4, -0.2) is 61.1 Å². The quantitative estimate of drug-likeness (QED) is 0.243. The van der Waals surface area contributed by atoms with E-state index in [0.29, 0.717) is 13.1 Å². The molecule has 0 spiro atoms. The Kier molecular flexibility index (Phi) is 8.17. The summed E-state index contributed by atoms with van der Waals surface area (Å²) >= 11 is 0. The second-order valence-corrected chi connectivity index (χ2v) is 10.7. The molecule has 0 aliphatic carbocycles. The SMILES string of the molecule is C=C(O)/C=C/c1ccc2cc(C#Cc3ccc(N4CCN(S(=O)(=O)N[C@H](C)C(=O)O)CC4)cc3)ccc2c1. The highest BCUT2D eigenvalue weighted by Crippen LogP contribution is 2.20. The van der Waals surface area contributed by atoms with Gasteiger partial charge in [0.25, 0.3) is 10.2 Å². The summed E-state index contributed by atoms with van der Waals surface area (Å²) in [6, 6.07) is 18.7. The third-order valence-electron chi connectivity index (χ3n) is 6.19. The zero-order valence-corrected chi connectivity index (χ0v) is 21.8. The highest BCUT2D eigenvalue weighted by atomic mass is 32.2. The molecule has 1 aliphatic heterocycles. The monoisotopic (exact) mass is 531 g/mol. The number of carboxylic acids is 1. The maximum absolute atomic E-state index is 12.4. The van der Waals surface area contributed by atoms with Crippen molar-refractivity contribution in [2.75, 3.05) is 31.1 Å². The second-order valence-electron chi connectivity index (χ2n) is 9.01. The molecule has 3 aromatic carbocycles. The molecule has 3 aromatic rings. The van der Waals surface area contributed by atoms with Crippen LogP contribution in [0.4, 0.5) is 5.69 Å². The summed E-state index contributed by atoms with van der Waals surface area (Å²) in [6.07, 6.45) is 3.36. The molecule has 0 radical (unpaired) electrons. The van der Waals surface area contributed by atoms with Gasteiger partial charge in [0.2, 0.25) is 0 Å². The Hall–Kier alpha value is -4.10. The van der Waals surface area contributed by atoms with Crippen LogP contribution in [0.5, 0.6) is 0 Å². The largest absolute Gasteiger partial charge is 0.509 e. The van der Waals surface area contributed by atoms with E-state index in [9.17, 15) is 18.3 Å². The first-order valence-corrected chi connectivity index (χ1v) is 13.5. The Bertz CT molecular complexity index is 1540. The predicted octanol–water partition coefficient (Wildman–Crippen LogP) is 3.75. The van der Waals surface area contributed by atoms with Crippen molar-refractivity contribution >= 4 is 38.7 Å². The molecule has 1 saturated heterocycles. The fourth-order valence-corrected chi connectivity index (χ4v) is 5.41. The minimum Gasteiger partial charge on any atom is -0.509 e. The molecular weight excluding hydrogens is 502 g/mol. The van der Waals surface area contributed by atoms with Gasteiger partial charge in [-0.25, -0.2) is 0 Å². The molecule has 8 nitrogen and oxygen atoms in total. The number of nitrogens with one attached hydrogen (secondary N) is 1. The molecule has 1 aliphatic rings. The smallest absolute Gasteiger partial charge is 0.321 e. The standard InChI is InChI=1S/C29H29N3O5S/c1-21(33)3-4-24-7-11-27-20-25(8-12-26(27)19-24)6-5-23-9-13-28(14-10-23)31-15-17-32(18-16-31)38(36,37)30-22(2)29(34)35/h3-4,7-14,19-20,22,30,33H,1,15-18H2,2H3,(H,34,35)/b4-3+/t22-/m1/s1. The van der Waals surface area contributed by atoms with Crippen LogP contribution >= 0.6 is 0 Å². The molecule has 3 N–H and O–H groups in total. The van der Waals surface area contributed by atoms with E-state index in [1.165, 1.54) is 11.2 Å². The average Bonchev–Trinajstić information content (AvgIpc) is 2.90. The molecule has 1 heterocycles. The normalized spacial score (nSPS) is 15.2. The lowest BCUT2D eigenvalue weighted by atomic mass is 10.0. The number of aliphatic hydroxyl groups excluding tert-OH is 1. The third-order valence-corrected chi connectivity index (χ3v) is 7.89. The van der Waals surface area contributed by atoms with Gasteiger partial charge in [-0.3, -0.25) is 4.79 Å². The molecule has 1 fully saturated rings. The summed E-state index contributed by atoms with van der Waals surface area (Å²) in [4.78, 5) is 13.1. The molecule has 9 heteroatoms. The number of fused-ring (bicyclic) bond motifs is 1. The lowest BCUT2D eigenvalue weighted by molar-refractivity contribution is -0.138. The van der Waals surface area contributed by atoms with E-state index in [4.69, 9.17) is 5.11 Å². The van der Waals surface area contributed by atoms with Crippen LogP contribution in [0, 0.1) is 11.8 Å². The van der Waals surface area contributed by atoms with Crippen molar-refractivity contribution in [3.63, 3.8) is 0 Å². The van der Waals surface area contributed by atoms with Crippen LogP contribution in [0.1, 0.15) is 23.6 Å². The topological polar surface area (TPSA) is 110 Å². The number of aliphatic hydroxyl groups is 1. The average molecular weight is 532 g/mol. The maximum atomic E-state index is 12.4. The number of hydrogen-bond donors (Lipinski definition) is 3. The van der Waals surface area contributed by atoms with E-state index in [-0.39, 0.29) is 18.8 Å². The van der Waals surface area contributed by atoms with Crippen molar-refractivity contribution in [3.8, 4) is 11.8 Å². The molecule has 4 rings (SSSR count). The third kappa shape index (κ3) is 6.81. The molecule has 0 amide bonds. The van der Waals surface area contributed by atoms with Gasteiger partial charge in [0.1, 0.15) is 11.8 Å². The molecule has 0 bridgehead atoms. The fraction of sp³-hybridized carbons (Fsp3) is 0.207. The van der Waals surface area contributed by atoms with Gasteiger partial charge < -0.3 is 15.1 Å². The van der Waals surface area contributed by atoms with E-state index < -0.39 is 22.2 Å². The van der Waals surface area contributed by atoms with Crippen molar-refractivity contribution in [2.45, 2.75) is 13.0 Å². The van der Waals surface area contributed by atoms with Crippen LogP contribution < -0.4 is 9.62 Å². The van der Waals surface area contributed by atoms with Crippen LogP contribution in [0.3, 0.4) is 0 Å². The van der Waals surface area contributed by atoms with Crippen molar-refractivity contribution < 1.29 is 23.4 Å². The van der Waals surface area contributed by atoms with Gasteiger partial charge in [-0.2, -0.15) is 17.4 Å². The van der Waals surface area contributed by atoms with Gasteiger partial charge in [0.05, 0.1) is 0 Å². The zero-order chi connectivity index (χ0) is 27.3. The van der Waals surface area contributed by atoms with Gasteiger partial charge in [-0.1, -0.05) is 42.7 Å². The highest BCUT2D eigenvalue weighted by Gasteiger charge is 2.29. The summed E-state index contributed by atoms with van der Waals surface area (Å²) in [5.74, 6) is 5.20. The molecule has 0 saturated carbocycles. The molecule has 38 heavy (non-hydrogen) atoms. The fourth-order valence-electron chi connectivity index (χ4n) is 4.07. The summed E-state index contributed by atoms with van der Waals surface area (Å²) in [5, 5.41) is 20.3. The van der Waals surface area contributed by atoms with Gasteiger partial charge in [-0.05, 0) is 71.8 Å². The number of aliphatic carboxylic acids is 1. The van der Waals surface area contributed by atoms with E-state index in [1.807, 2.05) is 60.7 Å². The minimum absolute atomic E-state index is 0.0129. The van der Waals surface area contributed by atoms with E-state index in [0.717, 1.165) is 33.2 Å². The van der Waals surface area contributed by atoms with E-state index in [1.54, 1.807) is 12.2 Å². The Morgan fingerprint density at radius 2 is 1.55 bits per heavy atom. The summed E-state index contributed by atoms with van der Waals surface area (Å²) in [5.41, 5.74) is 3.71. The van der Waals surface area contributed by atoms with Gasteiger partial charge in [0.15, 0.2) is 0 Å². The number of nitrogens with zero attached hydrogens (tertiary/aromatic N) is 2. The van der Waals surface area contributed by atoms with Crippen molar-refractivity contribution in [1.82, 2.24) is 9.03 Å². The van der Waals surface area contributed by atoms with Gasteiger partial charge in [-0.15, -0.1) is 0 Å². The van der Waals surface area contributed by atoms with Crippen molar-refractivity contribution in [3.05, 3.63) is 95.8 Å². The Morgan fingerprint density at radius 3 is 2.21 bits per heavy atom. The van der Waals surface area contributed by atoms with E-state index in [2.05, 4.69) is 28.0 Å². The lowest BCUT2D eigenvalue weighted by Crippen LogP contribution is -2.54. The molecule has 0 unspecified atom stereocenters. The second kappa shape index (κ2) is 11.5. The Balaban J connectivity index is 1.37. The number of carboxylic acid groups (broad SMARTS) is 1. The summed E-state index contributed by atoms with van der Waals surface area (Å²) in [6.45, 7) is 6.27. The van der Waals surface area contributed by atoms with Gasteiger partial charge in [0, 0.05) is 43.0 Å². The zero-order valence-electron chi connectivity index (χ0n) is 21.0. The van der Waals surface area contributed by atoms with Crippen LogP contribution in [-0.2, 0) is 15.0 Å². The first-order valence-electron chi connectivity index (χ1n) is 12.1. The number of anilines is 1. The first-order chi connectivity index (χ1) is 18.1. The number of hydrogen-bond acceptors (Lipinski definition) is 5. The number of piperazine rings is 1. The minimum atomic E-state index is -3.85. The van der Waals surface area contributed by atoms with Crippen LogP contribution in [0.25, 0.3) is 16.8 Å². The summed E-state index contributed by atoms with van der Waals surface area (Å²) in [7, 11) is -3.85. The molecule has 196 valence electrons. The van der Waals surface area contributed by atoms with Crippen molar-refractivity contribution in [1.29, 1.82) is 0 Å². The van der Waals surface area contributed by atoms with E-state index >= 15 is 0 Å². The highest BCUT2D eigenvalue weighted by molar-refractivity contribution is 7.87.